The second-order valence-corrected chi connectivity index (χ2v) is 9.17. The minimum absolute atomic E-state index is 0.00462. The number of carbonyl (C=O) groups excluding carboxylic acids is 1. The zero-order valence-electron chi connectivity index (χ0n) is 14.5. The number of nitrogens with zero attached hydrogens (tertiary/aromatic N) is 3. The van der Waals surface area contributed by atoms with Gasteiger partial charge in [0.15, 0.2) is 0 Å². The summed E-state index contributed by atoms with van der Waals surface area (Å²) in [6, 6.07) is 4.49. The van der Waals surface area contributed by atoms with Crippen LogP contribution >= 0.6 is 11.6 Å². The summed E-state index contributed by atoms with van der Waals surface area (Å²) < 4.78 is 68.8. The van der Waals surface area contributed by atoms with Gasteiger partial charge in [-0.15, -0.1) is 0 Å². The number of primary amides is 1. The summed E-state index contributed by atoms with van der Waals surface area (Å²) in [5.74, 6) is -1.21. The molecule has 1 saturated carbocycles. The Hall–Kier alpha value is -2.10. The summed E-state index contributed by atoms with van der Waals surface area (Å²) in [6.45, 7) is -0.541. The molecular weight excluding hydrogens is 425 g/mol. The van der Waals surface area contributed by atoms with E-state index in [1.54, 1.807) is 0 Å². The molecule has 1 atom stereocenters. The summed E-state index contributed by atoms with van der Waals surface area (Å²) in [5, 5.41) is 9.16. The monoisotopic (exact) mass is 440 g/mol. The summed E-state index contributed by atoms with van der Waals surface area (Å²) in [5.41, 5.74) is -1.86. The number of hydrogen-bond acceptors (Lipinski definition) is 6. The summed E-state index contributed by atoms with van der Waals surface area (Å²) >= 11 is 6.13. The summed E-state index contributed by atoms with van der Waals surface area (Å²) in [6.07, 6.45) is 1.73. The zero-order valence-corrected chi connectivity index (χ0v) is 16.1. The van der Waals surface area contributed by atoms with E-state index in [9.17, 15) is 26.4 Å². The molecule has 1 heterocycles. The Morgan fingerprint density at radius 3 is 2.57 bits per heavy atom. The van der Waals surface area contributed by atoms with Gasteiger partial charge in [0.1, 0.15) is 17.2 Å². The van der Waals surface area contributed by atoms with Crippen LogP contribution in [-0.4, -0.2) is 47.3 Å². The summed E-state index contributed by atoms with van der Waals surface area (Å²) in [4.78, 5) is 12.9. The highest BCUT2D eigenvalue weighted by molar-refractivity contribution is 7.90. The van der Waals surface area contributed by atoms with Gasteiger partial charge in [0, 0.05) is 12.7 Å². The van der Waals surface area contributed by atoms with Crippen molar-refractivity contribution in [2.45, 2.75) is 30.3 Å². The SMILES string of the molecule is C[C@](Cl)(COc1ncccc1C(N)=O)N(CC1(C#N)CC1)S(=O)(=O)C(F)(F)F. The molecule has 0 radical (unpaired) electrons. The lowest BCUT2D eigenvalue weighted by Gasteiger charge is -2.36. The topological polar surface area (TPSA) is 126 Å². The van der Waals surface area contributed by atoms with Gasteiger partial charge in [-0.3, -0.25) is 4.79 Å². The highest BCUT2D eigenvalue weighted by atomic mass is 35.5. The van der Waals surface area contributed by atoms with E-state index >= 15 is 0 Å². The van der Waals surface area contributed by atoms with Crippen LogP contribution in [0.1, 0.15) is 30.1 Å². The third kappa shape index (κ3) is 4.48. The Morgan fingerprint density at radius 2 is 2.11 bits per heavy atom. The first-order chi connectivity index (χ1) is 12.8. The van der Waals surface area contributed by atoms with Crippen LogP contribution in [0.5, 0.6) is 5.88 Å². The molecule has 2 N–H and O–H groups in total. The first-order valence-electron chi connectivity index (χ1n) is 7.83. The van der Waals surface area contributed by atoms with Crippen LogP contribution in [0.15, 0.2) is 18.3 Å². The van der Waals surface area contributed by atoms with Gasteiger partial charge < -0.3 is 10.5 Å². The van der Waals surface area contributed by atoms with Gasteiger partial charge in [0.2, 0.25) is 5.88 Å². The number of nitrogens with two attached hydrogens (primary N) is 1. The lowest BCUT2D eigenvalue weighted by Crippen LogP contribution is -2.55. The third-order valence-corrected chi connectivity index (χ3v) is 6.26. The Balaban J connectivity index is 2.34. The first kappa shape index (κ1) is 22.2. The zero-order chi connectivity index (χ0) is 21.4. The van der Waals surface area contributed by atoms with Gasteiger partial charge in [-0.05, 0) is 31.9 Å². The third-order valence-electron chi connectivity index (χ3n) is 4.15. The van der Waals surface area contributed by atoms with Crippen LogP contribution < -0.4 is 10.5 Å². The molecule has 2 rings (SSSR count). The van der Waals surface area contributed by atoms with Crippen molar-refractivity contribution in [3.05, 3.63) is 23.9 Å². The number of alkyl halides is 4. The number of carbonyl (C=O) groups is 1. The number of halogens is 4. The molecule has 8 nitrogen and oxygen atoms in total. The maximum absolute atomic E-state index is 13.2. The van der Waals surface area contributed by atoms with Crippen LogP contribution in [0.25, 0.3) is 0 Å². The molecule has 1 aliphatic rings. The molecule has 1 amide bonds. The molecule has 154 valence electrons. The Kier molecular flexibility index (Phi) is 5.85. The Bertz CT molecular complexity index is 911. The summed E-state index contributed by atoms with van der Waals surface area (Å²) in [7, 11) is -5.87. The van der Waals surface area contributed by atoms with Crippen molar-refractivity contribution in [3.63, 3.8) is 0 Å². The van der Waals surface area contributed by atoms with Crippen molar-refractivity contribution in [1.82, 2.24) is 9.29 Å². The normalized spacial score (nSPS) is 18.2. The fourth-order valence-electron chi connectivity index (χ4n) is 2.32. The molecule has 1 aromatic rings. The average Bonchev–Trinajstić information content (AvgIpc) is 3.37. The molecule has 28 heavy (non-hydrogen) atoms. The highest BCUT2D eigenvalue weighted by Gasteiger charge is 2.59. The fourth-order valence-corrected chi connectivity index (χ4v) is 3.93. The molecule has 1 fully saturated rings. The lowest BCUT2D eigenvalue weighted by atomic mass is 10.1. The van der Waals surface area contributed by atoms with Crippen molar-refractivity contribution in [2.24, 2.45) is 11.1 Å². The van der Waals surface area contributed by atoms with Gasteiger partial charge in [0.05, 0.1) is 11.5 Å². The van der Waals surface area contributed by atoms with Gasteiger partial charge >= 0.3 is 15.5 Å². The number of aromatic nitrogens is 1. The van der Waals surface area contributed by atoms with Gasteiger partial charge in [0.25, 0.3) is 5.91 Å². The number of pyridine rings is 1. The minimum Gasteiger partial charge on any atom is -0.474 e. The van der Waals surface area contributed by atoms with Crippen LogP contribution in [0.3, 0.4) is 0 Å². The van der Waals surface area contributed by atoms with E-state index in [4.69, 9.17) is 27.3 Å². The minimum atomic E-state index is -5.87. The van der Waals surface area contributed by atoms with Gasteiger partial charge in [-0.25, -0.2) is 13.4 Å². The predicted octanol–water partition coefficient (Wildman–Crippen LogP) is 1.97. The maximum Gasteiger partial charge on any atom is 0.511 e. The first-order valence-corrected chi connectivity index (χ1v) is 9.64. The highest BCUT2D eigenvalue weighted by Crippen LogP contribution is 2.48. The molecule has 0 saturated heterocycles. The molecule has 0 aliphatic heterocycles. The van der Waals surface area contributed by atoms with Crippen LogP contribution in [-0.2, 0) is 10.0 Å². The largest absolute Gasteiger partial charge is 0.511 e. The second-order valence-electron chi connectivity index (χ2n) is 6.50. The van der Waals surface area contributed by atoms with Crippen molar-refractivity contribution in [3.8, 4) is 11.9 Å². The number of sulfonamides is 1. The number of ether oxygens (including phenoxy) is 1. The number of hydrogen-bond donors (Lipinski definition) is 1. The van der Waals surface area contributed by atoms with E-state index in [1.807, 2.05) is 6.07 Å². The molecule has 13 heteroatoms. The van der Waals surface area contributed by atoms with Crippen LogP contribution in [0.2, 0.25) is 0 Å². The van der Waals surface area contributed by atoms with Crippen molar-refractivity contribution in [1.29, 1.82) is 5.26 Å². The average molecular weight is 441 g/mol. The Labute approximate surface area is 164 Å². The quantitative estimate of drug-likeness (QED) is 0.486. The number of nitriles is 1. The van der Waals surface area contributed by atoms with E-state index < -0.39 is 45.0 Å². The van der Waals surface area contributed by atoms with E-state index in [0.717, 1.165) is 6.92 Å². The smallest absolute Gasteiger partial charge is 0.474 e. The van der Waals surface area contributed by atoms with Crippen molar-refractivity contribution >= 4 is 27.5 Å². The fraction of sp³-hybridized carbons (Fsp3) is 0.533. The van der Waals surface area contributed by atoms with E-state index in [-0.39, 0.29) is 28.6 Å². The van der Waals surface area contributed by atoms with Crippen LogP contribution in [0.4, 0.5) is 13.2 Å². The van der Waals surface area contributed by atoms with Crippen molar-refractivity contribution < 1.29 is 31.1 Å². The lowest BCUT2D eigenvalue weighted by molar-refractivity contribution is -0.0516. The molecule has 0 aromatic carbocycles. The predicted molar refractivity (Wildman–Crippen MR) is 91.5 cm³/mol. The van der Waals surface area contributed by atoms with E-state index in [1.165, 1.54) is 18.3 Å². The van der Waals surface area contributed by atoms with E-state index in [2.05, 4.69) is 4.98 Å². The molecule has 0 unspecified atom stereocenters. The molecule has 1 aromatic heterocycles. The standard InChI is InChI=1S/C15H16ClF3N4O4S/c1-13(16,9-27-12-10(11(21)24)3-2-6-22-12)23(8-14(7-20)4-5-14)28(25,26)15(17,18)19/h2-3,6H,4-5,8-9H2,1H3,(H2,21,24)/t13-/m1/s1. The molecule has 1 aliphatic carbocycles. The van der Waals surface area contributed by atoms with Gasteiger partial charge in [-0.1, -0.05) is 11.6 Å². The van der Waals surface area contributed by atoms with Crippen LogP contribution in [0, 0.1) is 16.7 Å². The maximum atomic E-state index is 13.2. The molecular formula is C15H16ClF3N4O4S. The number of rotatable bonds is 8. The molecule has 0 spiro atoms. The molecule has 0 bridgehead atoms. The second kappa shape index (κ2) is 7.38. The number of amides is 1. The Morgan fingerprint density at radius 1 is 1.50 bits per heavy atom. The van der Waals surface area contributed by atoms with Crippen molar-refractivity contribution in [2.75, 3.05) is 13.2 Å². The van der Waals surface area contributed by atoms with E-state index in [0.29, 0.717) is 0 Å². The van der Waals surface area contributed by atoms with Gasteiger partial charge in [-0.2, -0.15) is 22.7 Å².